The molecule has 10 heteroatoms. The van der Waals surface area contributed by atoms with Crippen molar-refractivity contribution >= 4 is 17.7 Å². The Bertz CT molecular complexity index is 1020. The second kappa shape index (κ2) is 13.2. The van der Waals surface area contributed by atoms with Crippen LogP contribution in [0.2, 0.25) is 0 Å². The fourth-order valence-electron chi connectivity index (χ4n) is 5.08. The number of rotatable bonds is 14. The number of carbonyl (C=O) groups is 1. The second-order valence-electron chi connectivity index (χ2n) is 9.59. The van der Waals surface area contributed by atoms with Crippen molar-refractivity contribution in [1.82, 2.24) is 10.2 Å². The van der Waals surface area contributed by atoms with Crippen molar-refractivity contribution in [3.63, 3.8) is 0 Å². The van der Waals surface area contributed by atoms with Gasteiger partial charge in [-0.15, -0.1) is 0 Å². The summed E-state index contributed by atoms with van der Waals surface area (Å²) in [7, 11) is 0. The lowest BCUT2D eigenvalue weighted by Gasteiger charge is -2.20. The number of piperidine rings is 1. The Morgan fingerprint density at radius 2 is 1.68 bits per heavy atom. The van der Waals surface area contributed by atoms with Crippen molar-refractivity contribution in [2.45, 2.75) is 49.4 Å². The molecule has 1 N–H and O–H groups in total. The van der Waals surface area contributed by atoms with Crippen LogP contribution in [-0.4, -0.2) is 68.0 Å². The molecule has 0 aromatic heterocycles. The highest BCUT2D eigenvalue weighted by Crippen LogP contribution is 2.45. The van der Waals surface area contributed by atoms with Crippen molar-refractivity contribution in [2.24, 2.45) is 11.8 Å². The van der Waals surface area contributed by atoms with Gasteiger partial charge in [0.25, 0.3) is 0 Å². The third-order valence-corrected chi connectivity index (χ3v) is 7.58. The standard InChI is InChI=1S/C28H35F3N2O4S/c1-3-35-25(27(34)36-4-2)15-19-5-9-21(10-6-19)37-14-13-32-26-23-17-33(18-24(23)26)16-20-7-11-22(12-8-20)38-28(29,30)31/h5-12,23-26,32H,3-4,13-18H2,1-2H3/t23-,24?,25-,26+/m0/s1. The van der Waals surface area contributed by atoms with E-state index in [2.05, 4.69) is 10.2 Å². The van der Waals surface area contributed by atoms with Gasteiger partial charge in [0.2, 0.25) is 0 Å². The molecular weight excluding hydrogens is 517 g/mol. The molecule has 2 aromatic rings. The monoisotopic (exact) mass is 552 g/mol. The van der Waals surface area contributed by atoms with Crippen LogP contribution in [0.5, 0.6) is 5.75 Å². The number of nitrogens with one attached hydrogen (secondary N) is 1. The molecule has 2 aromatic carbocycles. The minimum absolute atomic E-state index is 0.0779. The Balaban J connectivity index is 1.11. The van der Waals surface area contributed by atoms with E-state index < -0.39 is 11.6 Å². The summed E-state index contributed by atoms with van der Waals surface area (Å²) in [6, 6.07) is 14.9. The van der Waals surface area contributed by atoms with Crippen LogP contribution in [0.15, 0.2) is 53.4 Å². The Labute approximate surface area is 226 Å². The number of fused-ring (bicyclic) bond motifs is 1. The SMILES string of the molecule is CCOC(=O)[C@H](Cc1ccc(OCCN[C@H]2C3CN(Cc4ccc(SC(F)(F)F)cc4)C[C@@H]32)cc1)OCC. The molecule has 4 atom stereocenters. The average Bonchev–Trinajstić information content (AvgIpc) is 3.32. The topological polar surface area (TPSA) is 60.0 Å². The van der Waals surface area contributed by atoms with Gasteiger partial charge in [-0.3, -0.25) is 4.90 Å². The van der Waals surface area contributed by atoms with Crippen molar-refractivity contribution in [3.8, 4) is 5.75 Å². The van der Waals surface area contributed by atoms with E-state index in [-0.39, 0.29) is 22.6 Å². The van der Waals surface area contributed by atoms with Gasteiger partial charge in [-0.25, -0.2) is 4.79 Å². The fourth-order valence-corrected chi connectivity index (χ4v) is 5.62. The molecule has 0 bridgehead atoms. The minimum Gasteiger partial charge on any atom is -0.492 e. The van der Waals surface area contributed by atoms with Crippen LogP contribution in [0.25, 0.3) is 0 Å². The first-order valence-electron chi connectivity index (χ1n) is 13.1. The van der Waals surface area contributed by atoms with Gasteiger partial charge >= 0.3 is 11.5 Å². The second-order valence-corrected chi connectivity index (χ2v) is 10.7. The van der Waals surface area contributed by atoms with Gasteiger partial charge in [0.1, 0.15) is 12.4 Å². The molecule has 0 amide bonds. The average molecular weight is 553 g/mol. The van der Waals surface area contributed by atoms with E-state index in [9.17, 15) is 18.0 Å². The van der Waals surface area contributed by atoms with Gasteiger partial charge in [0.15, 0.2) is 6.10 Å². The van der Waals surface area contributed by atoms with Crippen LogP contribution in [0.3, 0.4) is 0 Å². The highest BCUT2D eigenvalue weighted by Gasteiger charge is 2.55. The molecule has 0 radical (unpaired) electrons. The molecule has 1 aliphatic carbocycles. The number of carbonyl (C=O) groups excluding carboxylic acids is 1. The van der Waals surface area contributed by atoms with Crippen LogP contribution in [0, 0.1) is 11.8 Å². The van der Waals surface area contributed by atoms with Crippen LogP contribution in [-0.2, 0) is 27.2 Å². The number of hydrogen-bond acceptors (Lipinski definition) is 7. The lowest BCUT2D eigenvalue weighted by molar-refractivity contribution is -0.156. The zero-order valence-electron chi connectivity index (χ0n) is 21.7. The Hall–Kier alpha value is -2.27. The summed E-state index contributed by atoms with van der Waals surface area (Å²) in [6.45, 7) is 8.49. The molecule has 38 heavy (non-hydrogen) atoms. The molecule has 2 aliphatic rings. The molecule has 0 spiro atoms. The zero-order chi connectivity index (χ0) is 27.1. The van der Waals surface area contributed by atoms with E-state index in [0.717, 1.165) is 43.1 Å². The molecule has 208 valence electrons. The van der Waals surface area contributed by atoms with E-state index in [1.165, 1.54) is 0 Å². The molecule has 1 saturated heterocycles. The first-order valence-corrected chi connectivity index (χ1v) is 13.9. The quantitative estimate of drug-likeness (QED) is 0.203. The number of esters is 1. The van der Waals surface area contributed by atoms with Gasteiger partial charge in [-0.2, -0.15) is 13.2 Å². The van der Waals surface area contributed by atoms with Gasteiger partial charge in [-0.05, 0) is 72.8 Å². The number of thioether (sulfide) groups is 1. The maximum Gasteiger partial charge on any atom is 0.446 e. The molecular formula is C28H35F3N2O4S. The van der Waals surface area contributed by atoms with Gasteiger partial charge in [0, 0.05) is 50.1 Å². The van der Waals surface area contributed by atoms with E-state index in [4.69, 9.17) is 14.2 Å². The molecule has 1 heterocycles. The predicted octanol–water partition coefficient (Wildman–Crippen LogP) is 4.91. The van der Waals surface area contributed by atoms with Crippen molar-refractivity contribution < 1.29 is 32.2 Å². The molecule has 1 saturated carbocycles. The van der Waals surface area contributed by atoms with E-state index in [0.29, 0.717) is 44.1 Å². The smallest absolute Gasteiger partial charge is 0.446 e. The van der Waals surface area contributed by atoms with Crippen LogP contribution in [0.4, 0.5) is 13.2 Å². The van der Waals surface area contributed by atoms with Gasteiger partial charge in [-0.1, -0.05) is 24.3 Å². The van der Waals surface area contributed by atoms with E-state index in [1.807, 2.05) is 31.2 Å². The zero-order valence-corrected chi connectivity index (χ0v) is 22.5. The number of ether oxygens (including phenoxy) is 3. The number of halogens is 3. The van der Waals surface area contributed by atoms with Crippen molar-refractivity contribution in [1.29, 1.82) is 0 Å². The fraction of sp³-hybridized carbons (Fsp3) is 0.536. The van der Waals surface area contributed by atoms with Gasteiger partial charge < -0.3 is 19.5 Å². The Morgan fingerprint density at radius 1 is 1.03 bits per heavy atom. The Morgan fingerprint density at radius 3 is 2.29 bits per heavy atom. The maximum absolute atomic E-state index is 12.5. The first kappa shape index (κ1) is 28.7. The third kappa shape index (κ3) is 8.36. The number of hydrogen-bond donors (Lipinski definition) is 1. The summed E-state index contributed by atoms with van der Waals surface area (Å²) >= 11 is -0.0779. The highest BCUT2D eigenvalue weighted by molar-refractivity contribution is 8.00. The normalized spacial score (nSPS) is 21.7. The summed E-state index contributed by atoms with van der Waals surface area (Å²) in [5.41, 5.74) is -2.24. The van der Waals surface area contributed by atoms with Crippen LogP contribution in [0.1, 0.15) is 25.0 Å². The lowest BCUT2D eigenvalue weighted by Crippen LogP contribution is -2.33. The number of alkyl halides is 3. The summed E-state index contributed by atoms with van der Waals surface area (Å²) in [6.07, 6.45) is -0.147. The van der Waals surface area contributed by atoms with Crippen molar-refractivity contribution in [2.75, 3.05) is 39.5 Å². The molecule has 2 fully saturated rings. The number of likely N-dealkylation sites (tertiary alicyclic amines) is 1. The largest absolute Gasteiger partial charge is 0.492 e. The number of nitrogens with zero attached hydrogens (tertiary/aromatic N) is 1. The molecule has 4 rings (SSSR count). The summed E-state index contributed by atoms with van der Waals surface area (Å²) in [5.74, 6) is 1.67. The first-order chi connectivity index (χ1) is 18.3. The minimum atomic E-state index is -4.25. The summed E-state index contributed by atoms with van der Waals surface area (Å²) in [4.78, 5) is 14.6. The van der Waals surface area contributed by atoms with Crippen LogP contribution < -0.4 is 10.1 Å². The van der Waals surface area contributed by atoms with Gasteiger partial charge in [0.05, 0.1) is 6.61 Å². The molecule has 1 unspecified atom stereocenters. The predicted molar refractivity (Wildman–Crippen MR) is 140 cm³/mol. The third-order valence-electron chi connectivity index (χ3n) is 6.85. The van der Waals surface area contributed by atoms with E-state index >= 15 is 0 Å². The Kier molecular flexibility index (Phi) is 9.97. The summed E-state index contributed by atoms with van der Waals surface area (Å²) < 4.78 is 54.0. The maximum atomic E-state index is 12.5. The summed E-state index contributed by atoms with van der Waals surface area (Å²) in [5, 5.41) is 3.59. The van der Waals surface area contributed by atoms with E-state index in [1.54, 1.807) is 31.2 Å². The van der Waals surface area contributed by atoms with Crippen LogP contribution >= 0.6 is 11.8 Å². The molecule has 6 nitrogen and oxygen atoms in total. The lowest BCUT2D eigenvalue weighted by atomic mass is 10.1. The number of benzene rings is 2. The molecule has 1 aliphatic heterocycles. The highest BCUT2D eigenvalue weighted by atomic mass is 32.2. The van der Waals surface area contributed by atoms with Crippen molar-refractivity contribution in [3.05, 3.63) is 59.7 Å².